The highest BCUT2D eigenvalue weighted by Crippen LogP contribution is 2.12. The van der Waals surface area contributed by atoms with Gasteiger partial charge in [0.1, 0.15) is 0 Å². The zero-order valence-electron chi connectivity index (χ0n) is 15.2. The van der Waals surface area contributed by atoms with E-state index in [2.05, 4.69) is 40.8 Å². The summed E-state index contributed by atoms with van der Waals surface area (Å²) < 4.78 is 18.1. The number of halogens is 1. The monoisotopic (exact) mass is 450 g/mol. The molecule has 0 rings (SSSR count). The highest BCUT2D eigenvalue weighted by Gasteiger charge is 2.12. The van der Waals surface area contributed by atoms with Crippen LogP contribution < -0.4 is 0 Å². The van der Waals surface area contributed by atoms with E-state index in [9.17, 15) is 4.79 Å². The summed E-state index contributed by atoms with van der Waals surface area (Å²) >= 11 is 2.21. The van der Waals surface area contributed by atoms with Crippen LogP contribution in [0.5, 0.6) is 0 Å². The van der Waals surface area contributed by atoms with Crippen molar-refractivity contribution < 1.29 is 19.0 Å². The van der Waals surface area contributed by atoms with E-state index in [0.29, 0.717) is 0 Å². The van der Waals surface area contributed by atoms with E-state index in [0.717, 1.165) is 32.1 Å². The average molecular weight is 450 g/mol. The number of carbonyl (C=O) groups is 1. The quantitative estimate of drug-likeness (QED) is 0.172. The van der Waals surface area contributed by atoms with Crippen molar-refractivity contribution in [2.75, 3.05) is 14.2 Å². The van der Waals surface area contributed by atoms with Gasteiger partial charge in [-0.2, -0.15) is 0 Å². The van der Waals surface area contributed by atoms with Crippen LogP contribution in [0.15, 0.2) is 34.5 Å². The Labute approximate surface area is 160 Å². The van der Waals surface area contributed by atoms with E-state index >= 15 is 0 Å². The third-order valence-corrected chi connectivity index (χ3v) is 4.05. The predicted molar refractivity (Wildman–Crippen MR) is 107 cm³/mol. The molecule has 0 radical (unpaired) electrons. The molecule has 0 saturated carbocycles. The lowest BCUT2D eigenvalue weighted by Gasteiger charge is -2.18. The summed E-state index contributed by atoms with van der Waals surface area (Å²) in [7, 11) is 3.45. The zero-order valence-corrected chi connectivity index (χ0v) is 17.4. The SMILES string of the molecule is CO[C@H](C/C=C\I)C[C@H](/C=C/C=C/CCC[C@@H](C)OC(C)=O)OC. The van der Waals surface area contributed by atoms with Gasteiger partial charge in [-0.05, 0) is 36.7 Å². The molecule has 5 heteroatoms. The lowest BCUT2D eigenvalue weighted by atomic mass is 10.1. The molecule has 138 valence electrons. The average Bonchev–Trinajstić information content (AvgIpc) is 2.55. The molecule has 24 heavy (non-hydrogen) atoms. The minimum atomic E-state index is -0.213. The normalized spacial score (nSPS) is 16.0. The molecule has 0 saturated heterocycles. The fourth-order valence-corrected chi connectivity index (χ4v) is 2.53. The van der Waals surface area contributed by atoms with Crippen molar-refractivity contribution in [3.05, 3.63) is 34.5 Å². The molecule has 4 nitrogen and oxygen atoms in total. The highest BCUT2D eigenvalue weighted by atomic mass is 127. The largest absolute Gasteiger partial charge is 0.463 e. The Balaban J connectivity index is 4.05. The molecule has 0 aliphatic heterocycles. The minimum absolute atomic E-state index is 0.00751. The highest BCUT2D eigenvalue weighted by molar-refractivity contribution is 14.1. The Morgan fingerprint density at radius 1 is 1.17 bits per heavy atom. The molecule has 0 N–H and O–H groups in total. The number of hydrogen-bond acceptors (Lipinski definition) is 4. The first-order valence-corrected chi connectivity index (χ1v) is 9.59. The van der Waals surface area contributed by atoms with Gasteiger partial charge >= 0.3 is 5.97 Å². The number of ether oxygens (including phenoxy) is 3. The predicted octanol–water partition coefficient (Wildman–Crippen LogP) is 4.98. The third kappa shape index (κ3) is 13.7. The van der Waals surface area contributed by atoms with Gasteiger partial charge < -0.3 is 14.2 Å². The van der Waals surface area contributed by atoms with Crippen molar-refractivity contribution in [2.45, 2.75) is 64.3 Å². The summed E-state index contributed by atoms with van der Waals surface area (Å²) in [4.78, 5) is 10.8. The first-order chi connectivity index (χ1) is 11.5. The second-order valence-electron chi connectivity index (χ2n) is 5.63. The topological polar surface area (TPSA) is 44.8 Å². The molecule has 0 aromatic carbocycles. The number of carbonyl (C=O) groups excluding carboxylic acids is 1. The van der Waals surface area contributed by atoms with Crippen molar-refractivity contribution in [2.24, 2.45) is 0 Å². The van der Waals surface area contributed by atoms with Crippen LogP contribution in [-0.2, 0) is 19.0 Å². The zero-order chi connectivity index (χ0) is 18.2. The molecule has 0 aliphatic carbocycles. The van der Waals surface area contributed by atoms with Crippen LogP contribution in [0.3, 0.4) is 0 Å². The van der Waals surface area contributed by atoms with Gasteiger partial charge in [-0.1, -0.05) is 53.0 Å². The Hall–Kier alpha value is -0.660. The Bertz CT molecular complexity index is 404. The fraction of sp³-hybridized carbons (Fsp3) is 0.632. The van der Waals surface area contributed by atoms with Crippen LogP contribution in [0.25, 0.3) is 0 Å². The maximum absolute atomic E-state index is 10.8. The first-order valence-electron chi connectivity index (χ1n) is 8.34. The standard InChI is InChI=1S/C19H31IO4/c1-16(24-17(2)21)11-8-6-5-7-9-12-18(22-3)15-19(23-4)13-10-14-20/h5,7,9-10,12,14,16,18-19H,6,8,11,13,15H2,1-4H3/b7-5+,12-9+,14-10-/t16-,18+,19-/m1/s1. The molecule has 0 spiro atoms. The van der Waals surface area contributed by atoms with E-state index in [-0.39, 0.29) is 24.3 Å². The third-order valence-electron chi connectivity index (χ3n) is 3.54. The van der Waals surface area contributed by atoms with Crippen LogP contribution in [0.4, 0.5) is 0 Å². The van der Waals surface area contributed by atoms with Crippen LogP contribution in [0.2, 0.25) is 0 Å². The number of rotatable bonds is 13. The van der Waals surface area contributed by atoms with E-state index < -0.39 is 0 Å². The number of allylic oxidation sites excluding steroid dienone is 3. The molecular weight excluding hydrogens is 419 g/mol. The van der Waals surface area contributed by atoms with Gasteiger partial charge in [-0.25, -0.2) is 0 Å². The lowest BCUT2D eigenvalue weighted by molar-refractivity contribution is -0.145. The molecule has 0 heterocycles. The van der Waals surface area contributed by atoms with Crippen molar-refractivity contribution in [3.8, 4) is 0 Å². The second-order valence-corrected chi connectivity index (χ2v) is 6.35. The smallest absolute Gasteiger partial charge is 0.302 e. The van der Waals surface area contributed by atoms with Gasteiger partial charge in [0.2, 0.25) is 0 Å². The Morgan fingerprint density at radius 2 is 1.92 bits per heavy atom. The van der Waals surface area contributed by atoms with Gasteiger partial charge in [0.25, 0.3) is 0 Å². The fourth-order valence-electron chi connectivity index (χ4n) is 2.23. The van der Waals surface area contributed by atoms with Crippen LogP contribution in [-0.4, -0.2) is 38.5 Å². The van der Waals surface area contributed by atoms with E-state index in [1.165, 1.54) is 6.92 Å². The number of esters is 1. The molecule has 0 amide bonds. The summed E-state index contributed by atoms with van der Waals surface area (Å²) in [6.07, 6.45) is 15.1. The van der Waals surface area contributed by atoms with Gasteiger partial charge in [-0.15, -0.1) is 0 Å². The molecular formula is C19H31IO4. The summed E-state index contributed by atoms with van der Waals surface area (Å²) in [5.41, 5.74) is 0. The Kier molecular flexibility index (Phi) is 15.4. The molecule has 0 fully saturated rings. The maximum Gasteiger partial charge on any atom is 0.302 e. The van der Waals surface area contributed by atoms with E-state index in [4.69, 9.17) is 14.2 Å². The number of methoxy groups -OCH3 is 2. The molecule has 0 unspecified atom stereocenters. The van der Waals surface area contributed by atoms with Gasteiger partial charge in [0.05, 0.1) is 18.3 Å². The first kappa shape index (κ1) is 23.3. The minimum Gasteiger partial charge on any atom is -0.463 e. The van der Waals surface area contributed by atoms with Gasteiger partial charge in [0, 0.05) is 27.6 Å². The molecule has 0 bridgehead atoms. The number of unbranched alkanes of at least 4 members (excludes halogenated alkanes) is 1. The van der Waals surface area contributed by atoms with Crippen LogP contribution >= 0.6 is 22.6 Å². The molecule has 0 aromatic heterocycles. The lowest BCUT2D eigenvalue weighted by Crippen LogP contribution is -2.19. The molecule has 3 atom stereocenters. The summed E-state index contributed by atoms with van der Waals surface area (Å²) in [6, 6.07) is 0. The van der Waals surface area contributed by atoms with E-state index in [1.54, 1.807) is 14.2 Å². The summed E-state index contributed by atoms with van der Waals surface area (Å²) in [5.74, 6) is -0.213. The molecule has 0 aliphatic rings. The van der Waals surface area contributed by atoms with Gasteiger partial charge in [0.15, 0.2) is 0 Å². The maximum atomic E-state index is 10.8. The van der Waals surface area contributed by atoms with Crippen molar-refractivity contribution in [1.29, 1.82) is 0 Å². The summed E-state index contributed by atoms with van der Waals surface area (Å²) in [6.45, 7) is 3.37. The molecule has 0 aromatic rings. The van der Waals surface area contributed by atoms with Crippen molar-refractivity contribution in [3.63, 3.8) is 0 Å². The van der Waals surface area contributed by atoms with Crippen molar-refractivity contribution >= 4 is 28.6 Å². The van der Waals surface area contributed by atoms with E-state index in [1.807, 2.05) is 23.2 Å². The summed E-state index contributed by atoms with van der Waals surface area (Å²) in [5, 5.41) is 0. The van der Waals surface area contributed by atoms with Crippen molar-refractivity contribution in [1.82, 2.24) is 0 Å². The van der Waals surface area contributed by atoms with Crippen LogP contribution in [0.1, 0.15) is 46.0 Å². The Morgan fingerprint density at radius 3 is 2.50 bits per heavy atom. The second kappa shape index (κ2) is 15.8. The van der Waals surface area contributed by atoms with Crippen LogP contribution in [0, 0.1) is 0 Å². The number of hydrogen-bond donors (Lipinski definition) is 0. The van der Waals surface area contributed by atoms with Gasteiger partial charge in [-0.3, -0.25) is 4.79 Å².